The topological polar surface area (TPSA) is 66.8 Å². The molecule has 0 saturated heterocycles. The summed E-state index contributed by atoms with van der Waals surface area (Å²) < 4.78 is 5.95. The van der Waals surface area contributed by atoms with Crippen LogP contribution in [0, 0.1) is 28.6 Å². The highest BCUT2D eigenvalue weighted by molar-refractivity contribution is 5.91. The second kappa shape index (κ2) is 5.93. The van der Waals surface area contributed by atoms with Crippen molar-refractivity contribution in [3.8, 4) is 0 Å². The van der Waals surface area contributed by atoms with Crippen LogP contribution in [0.25, 0.3) is 0 Å². The maximum absolute atomic E-state index is 12.6. The highest BCUT2D eigenvalue weighted by Crippen LogP contribution is 2.68. The first kappa shape index (κ1) is 17.9. The van der Waals surface area contributed by atoms with Gasteiger partial charge in [-0.1, -0.05) is 25.5 Å². The zero-order valence-corrected chi connectivity index (χ0v) is 16.5. The van der Waals surface area contributed by atoms with Crippen LogP contribution in [0.3, 0.4) is 0 Å². The van der Waals surface area contributed by atoms with E-state index < -0.39 is 0 Å². The van der Waals surface area contributed by atoms with Crippen LogP contribution in [-0.4, -0.2) is 35.0 Å². The number of fused-ring (bicyclic) bond motifs is 9. The molecular weight excluding hydrogens is 340 g/mol. The van der Waals surface area contributed by atoms with Crippen molar-refractivity contribution in [3.63, 3.8) is 0 Å². The summed E-state index contributed by atoms with van der Waals surface area (Å²) in [7, 11) is 0. The van der Waals surface area contributed by atoms with Crippen LogP contribution < -0.4 is 0 Å². The molecule has 2 N–H and O–H groups in total. The molecule has 0 spiro atoms. The molecule has 5 rings (SSSR count). The van der Waals surface area contributed by atoms with Gasteiger partial charge in [-0.3, -0.25) is 0 Å². The second-order valence-corrected chi connectivity index (χ2v) is 10.1. The minimum Gasteiger partial charge on any atom is -0.458 e. The van der Waals surface area contributed by atoms with E-state index in [9.17, 15) is 15.0 Å². The van der Waals surface area contributed by atoms with Crippen molar-refractivity contribution in [2.75, 3.05) is 6.61 Å². The van der Waals surface area contributed by atoms with Crippen LogP contribution >= 0.6 is 0 Å². The molecule has 3 saturated carbocycles. The molecule has 27 heavy (non-hydrogen) atoms. The Morgan fingerprint density at radius 3 is 2.74 bits per heavy atom. The fraction of sp³-hybridized carbons (Fsp3) is 0.783. The molecule has 3 fully saturated rings. The maximum atomic E-state index is 12.6. The number of esters is 1. The summed E-state index contributed by atoms with van der Waals surface area (Å²) in [6.07, 6.45) is 9.68. The number of aliphatic hydroxyl groups is 2. The van der Waals surface area contributed by atoms with E-state index in [-0.39, 0.29) is 35.6 Å². The summed E-state index contributed by atoms with van der Waals surface area (Å²) in [5.41, 5.74) is 3.79. The molecule has 2 bridgehead atoms. The van der Waals surface area contributed by atoms with Crippen molar-refractivity contribution >= 4 is 5.97 Å². The van der Waals surface area contributed by atoms with Gasteiger partial charge in [0.2, 0.25) is 0 Å². The predicted molar refractivity (Wildman–Crippen MR) is 102 cm³/mol. The Balaban J connectivity index is 1.54. The Labute approximate surface area is 161 Å². The van der Waals surface area contributed by atoms with E-state index in [0.29, 0.717) is 24.2 Å². The van der Waals surface area contributed by atoms with Crippen molar-refractivity contribution in [2.24, 2.45) is 28.6 Å². The molecular formula is C23H32O4. The smallest absolute Gasteiger partial charge is 0.334 e. The molecule has 0 aromatic rings. The molecule has 1 aliphatic heterocycles. The SMILES string of the molecule is C[C@]12CCC(O)C=C1CC[C@@H]1[C@@H]2CC[C@]2(C)C3=C(CCO)C(=O)OC(C3)[C@@H]12. The van der Waals surface area contributed by atoms with E-state index in [1.165, 1.54) is 17.6 Å². The van der Waals surface area contributed by atoms with Crippen molar-refractivity contribution < 1.29 is 19.7 Å². The molecule has 4 heteroatoms. The molecule has 148 valence electrons. The van der Waals surface area contributed by atoms with E-state index in [0.717, 1.165) is 44.1 Å². The molecule has 5 aliphatic rings. The second-order valence-electron chi connectivity index (χ2n) is 10.1. The van der Waals surface area contributed by atoms with Gasteiger partial charge in [0, 0.05) is 30.9 Å². The Hall–Kier alpha value is -1.13. The first-order chi connectivity index (χ1) is 12.9. The number of carbonyl (C=O) groups excluding carboxylic acids is 1. The van der Waals surface area contributed by atoms with Crippen molar-refractivity contribution in [1.29, 1.82) is 0 Å². The van der Waals surface area contributed by atoms with Gasteiger partial charge >= 0.3 is 5.97 Å². The Morgan fingerprint density at radius 2 is 1.96 bits per heavy atom. The van der Waals surface area contributed by atoms with Crippen LogP contribution in [0.15, 0.2) is 22.8 Å². The van der Waals surface area contributed by atoms with Gasteiger partial charge in [-0.25, -0.2) is 4.79 Å². The predicted octanol–water partition coefficient (Wildman–Crippen LogP) is 3.52. The number of ether oxygens (including phenoxy) is 1. The van der Waals surface area contributed by atoms with Gasteiger partial charge in [0.05, 0.1) is 6.10 Å². The summed E-state index contributed by atoms with van der Waals surface area (Å²) in [5.74, 6) is 1.45. The molecule has 4 aliphatic carbocycles. The van der Waals surface area contributed by atoms with Gasteiger partial charge in [0.1, 0.15) is 6.10 Å². The van der Waals surface area contributed by atoms with Crippen LogP contribution in [0.4, 0.5) is 0 Å². The van der Waals surface area contributed by atoms with Crippen LogP contribution in [0.2, 0.25) is 0 Å². The average Bonchev–Trinajstić information content (AvgIpc) is 2.88. The van der Waals surface area contributed by atoms with E-state index in [1.807, 2.05) is 0 Å². The molecule has 0 radical (unpaired) electrons. The number of allylic oxidation sites excluding steroid dienone is 1. The van der Waals surface area contributed by atoms with E-state index in [4.69, 9.17) is 4.74 Å². The molecule has 1 heterocycles. The number of carbonyl (C=O) groups is 1. The number of hydrogen-bond donors (Lipinski definition) is 2. The van der Waals surface area contributed by atoms with E-state index in [1.54, 1.807) is 0 Å². The zero-order valence-electron chi connectivity index (χ0n) is 16.5. The summed E-state index contributed by atoms with van der Waals surface area (Å²) in [6, 6.07) is 0. The highest BCUT2D eigenvalue weighted by atomic mass is 16.5. The first-order valence-corrected chi connectivity index (χ1v) is 10.8. The number of rotatable bonds is 2. The average molecular weight is 373 g/mol. The molecule has 0 aromatic carbocycles. The third-order valence-corrected chi connectivity index (χ3v) is 9.07. The van der Waals surface area contributed by atoms with Gasteiger partial charge in [0.25, 0.3) is 0 Å². The lowest BCUT2D eigenvalue weighted by atomic mass is 9.47. The molecule has 7 atom stereocenters. The van der Waals surface area contributed by atoms with Crippen molar-refractivity contribution in [2.45, 2.75) is 77.4 Å². The van der Waals surface area contributed by atoms with Gasteiger partial charge in [0.15, 0.2) is 0 Å². The first-order valence-electron chi connectivity index (χ1n) is 10.8. The Bertz CT molecular complexity index is 737. The standard InChI is InChI=1S/C23H32O4/c1-22-8-5-14(25)11-13(22)3-4-15-17(22)6-9-23(2)18-12-19(20(15)23)27-21(26)16(18)7-10-24/h11,14-15,17,19-20,24-25H,3-10,12H2,1-2H3/t14?,15-,17+,19?,20-,22+,23-/m1/s1. The number of aliphatic hydroxyl groups excluding tert-OH is 2. The minimum absolute atomic E-state index is 0.0138. The lowest BCUT2D eigenvalue weighted by Crippen LogP contribution is -2.51. The summed E-state index contributed by atoms with van der Waals surface area (Å²) in [5, 5.41) is 19.6. The van der Waals surface area contributed by atoms with Crippen LogP contribution in [0.5, 0.6) is 0 Å². The molecule has 0 amide bonds. The fourth-order valence-electron chi connectivity index (χ4n) is 7.84. The van der Waals surface area contributed by atoms with Crippen LogP contribution in [-0.2, 0) is 9.53 Å². The summed E-state index contributed by atoms with van der Waals surface area (Å²) in [6.45, 7) is 4.80. The quantitative estimate of drug-likeness (QED) is 0.575. The lowest BCUT2D eigenvalue weighted by molar-refractivity contribution is -0.152. The van der Waals surface area contributed by atoms with Crippen molar-refractivity contribution in [1.82, 2.24) is 0 Å². The highest BCUT2D eigenvalue weighted by Gasteiger charge is 2.63. The van der Waals surface area contributed by atoms with Gasteiger partial charge in [-0.15, -0.1) is 0 Å². The number of hydrogen-bond acceptors (Lipinski definition) is 4. The van der Waals surface area contributed by atoms with Gasteiger partial charge in [-0.05, 0) is 66.8 Å². The summed E-state index contributed by atoms with van der Waals surface area (Å²) >= 11 is 0. The fourth-order valence-corrected chi connectivity index (χ4v) is 7.84. The van der Waals surface area contributed by atoms with Crippen LogP contribution in [0.1, 0.15) is 65.2 Å². The Kier molecular flexibility index (Phi) is 3.94. The molecule has 2 unspecified atom stereocenters. The molecule has 4 nitrogen and oxygen atoms in total. The largest absolute Gasteiger partial charge is 0.458 e. The lowest BCUT2D eigenvalue weighted by Gasteiger charge is -2.58. The monoisotopic (exact) mass is 372 g/mol. The summed E-state index contributed by atoms with van der Waals surface area (Å²) in [4.78, 5) is 12.6. The van der Waals surface area contributed by atoms with E-state index >= 15 is 0 Å². The van der Waals surface area contributed by atoms with Crippen molar-refractivity contribution in [3.05, 3.63) is 22.8 Å². The zero-order chi connectivity index (χ0) is 19.0. The third kappa shape index (κ3) is 2.32. The molecule has 0 aromatic heterocycles. The third-order valence-electron chi connectivity index (χ3n) is 9.07. The maximum Gasteiger partial charge on any atom is 0.334 e. The normalized spacial score (nSPS) is 48.4. The van der Waals surface area contributed by atoms with Gasteiger partial charge < -0.3 is 14.9 Å². The van der Waals surface area contributed by atoms with Gasteiger partial charge in [-0.2, -0.15) is 0 Å². The Morgan fingerprint density at radius 1 is 1.19 bits per heavy atom. The van der Waals surface area contributed by atoms with E-state index in [2.05, 4.69) is 19.9 Å². The minimum atomic E-state index is -0.267.